The SMILES string of the molecule is CC(C)(C)OC(=O)N1CCn2cc(C3=C(c4noc5ccccc45)C(=O)CC3=O)c3cc(F)cc(c32)C1.Cl.O=C1CC(=O)C(c2cn3c4c(cc(F)cc24)CNCC3)=C1c1noc2ccccc12. The van der Waals surface area contributed by atoms with Crippen LogP contribution in [0.5, 0.6) is 0 Å². The third-order valence-electron chi connectivity index (χ3n) is 12.5. The van der Waals surface area contributed by atoms with E-state index in [1.54, 1.807) is 62.2 Å². The molecule has 0 saturated heterocycles. The number of hydrogen-bond acceptors (Lipinski definition) is 11. The Balaban J connectivity index is 0.000000159. The van der Waals surface area contributed by atoms with Crippen molar-refractivity contribution in [2.45, 2.75) is 65.4 Å². The summed E-state index contributed by atoms with van der Waals surface area (Å²) in [4.78, 5) is 66.4. The van der Waals surface area contributed by atoms with Crippen LogP contribution in [0, 0.1) is 11.6 Å². The topological polar surface area (TPSA) is 172 Å². The molecule has 12 rings (SSSR count). The summed E-state index contributed by atoms with van der Waals surface area (Å²) < 4.78 is 49.6. The van der Waals surface area contributed by atoms with Gasteiger partial charge >= 0.3 is 6.09 Å². The van der Waals surface area contributed by atoms with Crippen molar-refractivity contribution in [2.24, 2.45) is 0 Å². The van der Waals surface area contributed by atoms with Crippen LogP contribution in [0.15, 0.2) is 94.2 Å². The molecule has 14 nitrogen and oxygen atoms in total. The molecular weight excluding hydrogens is 898 g/mol. The van der Waals surface area contributed by atoms with Crippen LogP contribution in [0.25, 0.3) is 66.0 Å². The molecule has 1 amide bonds. The average Bonchev–Trinajstić information content (AvgIpc) is 4.10. The van der Waals surface area contributed by atoms with E-state index in [0.29, 0.717) is 98.1 Å². The van der Waals surface area contributed by atoms with E-state index in [1.165, 1.54) is 24.3 Å². The van der Waals surface area contributed by atoms with Gasteiger partial charge in [0.05, 0.1) is 41.6 Å². The van der Waals surface area contributed by atoms with Gasteiger partial charge in [0.2, 0.25) is 0 Å². The Hall–Kier alpha value is -7.56. The summed E-state index contributed by atoms with van der Waals surface area (Å²) in [6.07, 6.45) is 2.64. The lowest BCUT2D eigenvalue weighted by atomic mass is 9.96. The number of rotatable bonds is 4. The maximum Gasteiger partial charge on any atom is 0.410 e. The number of halogens is 3. The first-order chi connectivity index (χ1) is 32.2. The fourth-order valence-electron chi connectivity index (χ4n) is 9.81. The molecule has 344 valence electrons. The number of Topliss-reactive ketones (excluding diaryl/α,β-unsaturated/α-hetero) is 4. The number of ether oxygens (including phenoxy) is 1. The number of amides is 1. The van der Waals surface area contributed by atoms with Crippen molar-refractivity contribution < 1.29 is 46.5 Å². The lowest BCUT2D eigenvalue weighted by Gasteiger charge is -2.26. The van der Waals surface area contributed by atoms with Crippen LogP contribution in [0.3, 0.4) is 0 Å². The van der Waals surface area contributed by atoms with Crippen molar-refractivity contribution in [3.8, 4) is 0 Å². The molecule has 4 aliphatic rings. The van der Waals surface area contributed by atoms with Crippen LogP contribution >= 0.6 is 12.4 Å². The van der Waals surface area contributed by atoms with Crippen molar-refractivity contribution in [2.75, 3.05) is 13.1 Å². The van der Waals surface area contributed by atoms with Crippen molar-refractivity contribution in [1.29, 1.82) is 0 Å². The van der Waals surface area contributed by atoms with Gasteiger partial charge in [0.1, 0.15) is 28.6 Å². The van der Waals surface area contributed by atoms with E-state index < -0.39 is 17.5 Å². The summed E-state index contributed by atoms with van der Waals surface area (Å²) in [7, 11) is 0. The van der Waals surface area contributed by atoms with Crippen LogP contribution < -0.4 is 5.32 Å². The van der Waals surface area contributed by atoms with Crippen molar-refractivity contribution in [1.82, 2.24) is 29.7 Å². The first-order valence-corrected chi connectivity index (χ1v) is 21.8. The molecule has 0 atom stereocenters. The molecule has 4 aromatic heterocycles. The number of nitrogens with zero attached hydrogens (tertiary/aromatic N) is 5. The van der Waals surface area contributed by atoms with E-state index in [9.17, 15) is 32.8 Å². The number of benzene rings is 4. The highest BCUT2D eigenvalue weighted by molar-refractivity contribution is 6.53. The van der Waals surface area contributed by atoms with E-state index in [0.717, 1.165) is 17.6 Å². The second-order valence-electron chi connectivity index (χ2n) is 18.1. The molecule has 0 spiro atoms. The van der Waals surface area contributed by atoms with Gasteiger partial charge in [-0.25, -0.2) is 13.6 Å². The monoisotopic (exact) mass is 938 g/mol. The zero-order chi connectivity index (χ0) is 46.5. The number of para-hydroxylation sites is 2. The number of ketones is 4. The van der Waals surface area contributed by atoms with Gasteiger partial charge in [-0.2, -0.15) is 0 Å². The van der Waals surface area contributed by atoms with Gasteiger partial charge in [-0.15, -0.1) is 12.4 Å². The van der Waals surface area contributed by atoms with Gasteiger partial charge in [0.15, 0.2) is 34.3 Å². The van der Waals surface area contributed by atoms with Gasteiger partial charge in [0.25, 0.3) is 0 Å². The Bertz CT molecular complexity index is 3570. The molecule has 0 bridgehead atoms. The Kier molecular flexibility index (Phi) is 10.8. The summed E-state index contributed by atoms with van der Waals surface area (Å²) in [6, 6.07) is 20.1. The molecule has 1 N–H and O–H groups in total. The third-order valence-corrected chi connectivity index (χ3v) is 12.5. The van der Waals surface area contributed by atoms with Crippen LogP contribution in [0.1, 0.15) is 67.3 Å². The van der Waals surface area contributed by atoms with Gasteiger partial charge < -0.3 is 33.1 Å². The van der Waals surface area contributed by atoms with E-state index in [2.05, 4.69) is 15.6 Å². The minimum atomic E-state index is -0.660. The zero-order valence-corrected chi connectivity index (χ0v) is 37.7. The van der Waals surface area contributed by atoms with Gasteiger partial charge in [0, 0.05) is 88.9 Å². The van der Waals surface area contributed by atoms with Gasteiger partial charge in [-0.05, 0) is 80.4 Å². The number of allylic oxidation sites excluding steroid dienone is 4. The fraction of sp³-hybridized carbons (Fsp3) is 0.235. The molecule has 17 heteroatoms. The molecule has 0 saturated carbocycles. The van der Waals surface area contributed by atoms with Crippen LogP contribution in [0.4, 0.5) is 13.6 Å². The fourth-order valence-corrected chi connectivity index (χ4v) is 9.81. The molecule has 0 fully saturated rings. The third kappa shape index (κ3) is 7.40. The van der Waals surface area contributed by atoms with E-state index in [-0.39, 0.29) is 77.5 Å². The Morgan fingerprint density at radius 3 is 1.68 bits per heavy atom. The number of nitrogens with one attached hydrogen (secondary N) is 1. The highest BCUT2D eigenvalue weighted by Gasteiger charge is 2.39. The zero-order valence-electron chi connectivity index (χ0n) is 36.9. The van der Waals surface area contributed by atoms with Crippen LogP contribution in [0.2, 0.25) is 0 Å². The number of hydrogen-bond donors (Lipinski definition) is 1. The van der Waals surface area contributed by atoms with Gasteiger partial charge in [-0.1, -0.05) is 34.6 Å². The van der Waals surface area contributed by atoms with Crippen LogP contribution in [-0.4, -0.2) is 72.3 Å². The first-order valence-electron chi connectivity index (χ1n) is 21.8. The molecule has 68 heavy (non-hydrogen) atoms. The smallest absolute Gasteiger partial charge is 0.410 e. The molecule has 0 radical (unpaired) electrons. The number of carbonyl (C=O) groups excluding carboxylic acids is 5. The summed E-state index contributed by atoms with van der Waals surface area (Å²) in [5.41, 5.74) is 6.09. The first kappa shape index (κ1) is 44.3. The minimum Gasteiger partial charge on any atom is -0.444 e. The van der Waals surface area contributed by atoms with E-state index in [4.69, 9.17) is 13.8 Å². The normalized spacial score (nSPS) is 16.3. The second-order valence-corrected chi connectivity index (χ2v) is 18.1. The molecule has 6 heterocycles. The van der Waals surface area contributed by atoms with E-state index in [1.807, 2.05) is 33.5 Å². The molecule has 0 unspecified atom stereocenters. The molecule has 2 aliphatic carbocycles. The predicted molar refractivity (Wildman–Crippen MR) is 250 cm³/mol. The summed E-state index contributed by atoms with van der Waals surface area (Å²) in [5, 5.41) is 14.0. The van der Waals surface area contributed by atoms with E-state index >= 15 is 0 Å². The molecule has 4 aromatic carbocycles. The number of aromatic nitrogens is 4. The van der Waals surface area contributed by atoms with Crippen molar-refractivity contribution in [3.05, 3.63) is 130 Å². The molecular formula is C51H41ClF2N6O8. The summed E-state index contributed by atoms with van der Waals surface area (Å²) in [6.45, 7) is 8.24. The standard InChI is InChI=1S/C28H24FN3O5.C23H16FN3O3.ClH/c1-28(2,3)36-27(35)32-9-8-31-14-19(18-11-16(29)10-15(13-32)26(18)31)23-20(33)12-21(34)24(23)25-17-6-4-5-7-22(17)37-30-25;24-13-7-12-10-25-5-6-27-11-16(15(8-13)23(12)27)20-17(28)9-18(29)21(20)22-14-3-1-2-4-19(14)30-26-22;/h4-7,10-11,14H,8-9,12-13H2,1-3H3;1-4,7-8,11,25H,5-6,9-10H2;1H. The lowest BCUT2D eigenvalue weighted by molar-refractivity contribution is -0.121. The molecule has 2 aliphatic heterocycles. The summed E-state index contributed by atoms with van der Waals surface area (Å²) >= 11 is 0. The number of carbonyl (C=O) groups is 5. The Morgan fingerprint density at radius 2 is 1.13 bits per heavy atom. The highest BCUT2D eigenvalue weighted by atomic mass is 35.5. The van der Waals surface area contributed by atoms with Crippen LogP contribution in [-0.2, 0) is 50.1 Å². The largest absolute Gasteiger partial charge is 0.444 e. The Labute approximate surface area is 391 Å². The second kappa shape index (κ2) is 16.6. The van der Waals surface area contributed by atoms with Crippen molar-refractivity contribution in [3.63, 3.8) is 0 Å². The van der Waals surface area contributed by atoms with Crippen molar-refractivity contribution >= 4 is 108 Å². The Morgan fingerprint density at radius 1 is 0.647 bits per heavy atom. The average molecular weight is 939 g/mol. The minimum absolute atomic E-state index is 0. The highest BCUT2D eigenvalue weighted by Crippen LogP contribution is 2.44. The number of fused-ring (bicyclic) bond motifs is 2. The lowest BCUT2D eigenvalue weighted by Crippen LogP contribution is -2.37. The maximum absolute atomic E-state index is 14.9. The maximum atomic E-state index is 14.9. The quantitative estimate of drug-likeness (QED) is 0.167. The predicted octanol–water partition coefficient (Wildman–Crippen LogP) is 9.02. The molecule has 8 aromatic rings. The van der Waals surface area contributed by atoms with Gasteiger partial charge in [-0.3, -0.25) is 19.2 Å². The summed E-state index contributed by atoms with van der Waals surface area (Å²) in [5.74, 6) is -2.13.